The van der Waals surface area contributed by atoms with Crippen molar-refractivity contribution in [2.45, 2.75) is 0 Å². The molecule has 0 saturated heterocycles. The van der Waals surface area contributed by atoms with Crippen LogP contribution in [0, 0.1) is 0 Å². The average Bonchev–Trinajstić information content (AvgIpc) is 1.00. The number of halogens is 1. The van der Waals surface area contributed by atoms with E-state index < -0.39 is 0 Å². The van der Waals surface area contributed by atoms with Crippen LogP contribution in [-0.4, -0.2) is 12.2 Å². The summed E-state index contributed by atoms with van der Waals surface area (Å²) in [5.41, 5.74) is 0. The molecule has 0 aromatic carbocycles. The van der Waals surface area contributed by atoms with Crippen molar-refractivity contribution in [3.63, 3.8) is 0 Å². The summed E-state index contributed by atoms with van der Waals surface area (Å²) in [7, 11) is 1.00. The summed E-state index contributed by atoms with van der Waals surface area (Å²) in [6.45, 7) is 0. The minimum absolute atomic E-state index is 0. The van der Waals surface area contributed by atoms with Crippen molar-refractivity contribution in [2.24, 2.45) is 0 Å². The molecule has 0 aliphatic rings. The third kappa shape index (κ3) is 8.82. The molecular formula is CH4BrCsO. The van der Waals surface area contributed by atoms with Crippen molar-refractivity contribution >= 4 is 0 Å². The van der Waals surface area contributed by atoms with Crippen LogP contribution < -0.4 is 85.9 Å². The molecule has 0 bridgehead atoms. The fourth-order valence-electron chi connectivity index (χ4n) is 0. The molecule has 0 spiro atoms. The van der Waals surface area contributed by atoms with Gasteiger partial charge >= 0.3 is 68.9 Å². The summed E-state index contributed by atoms with van der Waals surface area (Å²) >= 11 is 0. The zero-order valence-electron chi connectivity index (χ0n) is 2.83. The van der Waals surface area contributed by atoms with Crippen molar-refractivity contribution in [3.8, 4) is 0 Å². The molecule has 0 saturated carbocycles. The molecule has 0 atom stereocenters. The van der Waals surface area contributed by atoms with Gasteiger partial charge in [0.2, 0.25) is 0 Å². The van der Waals surface area contributed by atoms with Crippen LogP contribution in [0.25, 0.3) is 0 Å². The van der Waals surface area contributed by atoms with E-state index in [0.29, 0.717) is 0 Å². The average molecular weight is 245 g/mol. The number of aliphatic hydroxyl groups excluding tert-OH is 1. The third-order valence-electron chi connectivity index (χ3n) is 0. The van der Waals surface area contributed by atoms with Gasteiger partial charge < -0.3 is 22.1 Å². The van der Waals surface area contributed by atoms with Crippen LogP contribution >= 0.6 is 0 Å². The van der Waals surface area contributed by atoms with Gasteiger partial charge in [-0.15, -0.1) is 0 Å². The fourth-order valence-corrected chi connectivity index (χ4v) is 0. The van der Waals surface area contributed by atoms with Crippen LogP contribution in [0.1, 0.15) is 0 Å². The molecule has 0 rings (SSSR count). The van der Waals surface area contributed by atoms with Crippen LogP contribution in [0.4, 0.5) is 0 Å². The molecule has 0 amide bonds. The van der Waals surface area contributed by atoms with Crippen LogP contribution in [0.3, 0.4) is 0 Å². The molecule has 0 unspecified atom stereocenters. The molecule has 1 nitrogen and oxygen atoms in total. The molecule has 3 heteroatoms. The summed E-state index contributed by atoms with van der Waals surface area (Å²) in [5, 5.41) is 7.00. The van der Waals surface area contributed by atoms with Crippen molar-refractivity contribution in [3.05, 3.63) is 0 Å². The Labute approximate surface area is 95.4 Å². The summed E-state index contributed by atoms with van der Waals surface area (Å²) in [4.78, 5) is 0. The first-order chi connectivity index (χ1) is 1.00. The summed E-state index contributed by atoms with van der Waals surface area (Å²) in [5.74, 6) is 0. The predicted molar refractivity (Wildman–Crippen MR) is 8.14 cm³/mol. The van der Waals surface area contributed by atoms with E-state index in [2.05, 4.69) is 0 Å². The van der Waals surface area contributed by atoms with Gasteiger partial charge in [-0.2, -0.15) is 0 Å². The minimum atomic E-state index is 0. The maximum atomic E-state index is 7.00. The molecule has 0 radical (unpaired) electrons. The standard InChI is InChI=1S/CH4O.BrH.Cs/c1-2;;/h2H,1H3;1H;/q;;+1/p-1. The molecule has 0 aromatic rings. The molecule has 0 aromatic heterocycles. The fraction of sp³-hybridized carbons (Fsp3) is 1.00. The van der Waals surface area contributed by atoms with Gasteiger partial charge in [0.1, 0.15) is 0 Å². The largest absolute Gasteiger partial charge is 1.00 e. The topological polar surface area (TPSA) is 20.2 Å². The molecule has 0 heterocycles. The maximum absolute atomic E-state index is 7.00. The first-order valence-corrected chi connectivity index (χ1v) is 0.447. The minimum Gasteiger partial charge on any atom is -1.00 e. The van der Waals surface area contributed by atoms with Gasteiger partial charge in [0.05, 0.1) is 0 Å². The van der Waals surface area contributed by atoms with Crippen molar-refractivity contribution < 1.29 is 91.0 Å². The van der Waals surface area contributed by atoms with Crippen LogP contribution in [0.5, 0.6) is 0 Å². The number of hydrogen-bond donors (Lipinski definition) is 1. The van der Waals surface area contributed by atoms with E-state index in [9.17, 15) is 0 Å². The molecule has 0 fully saturated rings. The SMILES string of the molecule is CO.[Br-].[Cs+]. The maximum Gasteiger partial charge on any atom is 1.00 e. The van der Waals surface area contributed by atoms with Gasteiger partial charge in [-0.05, 0) is 0 Å². The van der Waals surface area contributed by atoms with Crippen LogP contribution in [0.2, 0.25) is 0 Å². The summed E-state index contributed by atoms with van der Waals surface area (Å²) in [6.07, 6.45) is 0. The molecule has 4 heavy (non-hydrogen) atoms. The quantitative estimate of drug-likeness (QED) is 0.450. The Morgan fingerprint density at radius 2 is 1.25 bits per heavy atom. The molecule has 22 valence electrons. The molecule has 0 aliphatic carbocycles. The second-order valence-electron chi connectivity index (χ2n) is 0. The van der Waals surface area contributed by atoms with E-state index in [1.165, 1.54) is 0 Å². The van der Waals surface area contributed by atoms with Gasteiger partial charge in [-0.3, -0.25) is 0 Å². The van der Waals surface area contributed by atoms with Gasteiger partial charge in [0.15, 0.2) is 0 Å². The Balaban J connectivity index is -0.00000000500. The summed E-state index contributed by atoms with van der Waals surface area (Å²) < 4.78 is 0. The van der Waals surface area contributed by atoms with Crippen molar-refractivity contribution in [1.29, 1.82) is 0 Å². The third-order valence-corrected chi connectivity index (χ3v) is 0. The Hall–Kier alpha value is 2.49. The molecule has 0 aliphatic heterocycles. The number of aliphatic hydroxyl groups is 1. The Morgan fingerprint density at radius 1 is 1.25 bits per heavy atom. The van der Waals surface area contributed by atoms with E-state index in [-0.39, 0.29) is 85.9 Å². The first kappa shape index (κ1) is 16.1. The smallest absolute Gasteiger partial charge is 1.00 e. The Morgan fingerprint density at radius 3 is 1.25 bits per heavy atom. The first-order valence-electron chi connectivity index (χ1n) is 0.447. The second-order valence-corrected chi connectivity index (χ2v) is 0. The summed E-state index contributed by atoms with van der Waals surface area (Å²) in [6, 6.07) is 0. The van der Waals surface area contributed by atoms with Gasteiger partial charge in [-0.1, -0.05) is 0 Å². The van der Waals surface area contributed by atoms with Gasteiger partial charge in [-0.25, -0.2) is 0 Å². The molecule has 1 N–H and O–H groups in total. The van der Waals surface area contributed by atoms with Crippen LogP contribution in [-0.2, 0) is 0 Å². The van der Waals surface area contributed by atoms with E-state index in [4.69, 9.17) is 5.11 Å². The Kier molecular flexibility index (Phi) is 71.6. The predicted octanol–water partition coefficient (Wildman–Crippen LogP) is -6.38. The normalized spacial score (nSPS) is 1.50. The van der Waals surface area contributed by atoms with E-state index in [0.717, 1.165) is 7.11 Å². The van der Waals surface area contributed by atoms with Crippen molar-refractivity contribution in [2.75, 3.05) is 7.11 Å². The van der Waals surface area contributed by atoms with E-state index in [1.807, 2.05) is 0 Å². The Bertz CT molecular complexity index is 8.00. The second kappa shape index (κ2) is 17.8. The number of hydrogen-bond acceptors (Lipinski definition) is 1. The number of rotatable bonds is 0. The van der Waals surface area contributed by atoms with Crippen LogP contribution in [0.15, 0.2) is 0 Å². The van der Waals surface area contributed by atoms with Gasteiger partial charge in [0.25, 0.3) is 0 Å². The van der Waals surface area contributed by atoms with E-state index >= 15 is 0 Å². The molecular weight excluding hydrogens is 241 g/mol. The zero-order chi connectivity index (χ0) is 2.00. The van der Waals surface area contributed by atoms with Gasteiger partial charge in [0, 0.05) is 7.11 Å². The van der Waals surface area contributed by atoms with E-state index in [1.54, 1.807) is 0 Å². The van der Waals surface area contributed by atoms with Crippen molar-refractivity contribution in [1.82, 2.24) is 0 Å². The zero-order valence-corrected chi connectivity index (χ0v) is 10.7. The monoisotopic (exact) mass is 244 g/mol.